The van der Waals surface area contributed by atoms with Gasteiger partial charge in [-0.1, -0.05) is 0 Å². The fourth-order valence-corrected chi connectivity index (χ4v) is 1.44. The van der Waals surface area contributed by atoms with E-state index in [0.717, 1.165) is 0 Å². The summed E-state index contributed by atoms with van der Waals surface area (Å²) in [5.74, 6) is -0.224. The molecule has 2 heterocycles. The third kappa shape index (κ3) is 2.68. The molecule has 1 aromatic rings. The zero-order chi connectivity index (χ0) is 11.4. The van der Waals surface area contributed by atoms with Crippen LogP contribution in [0.1, 0.15) is 10.4 Å². The number of carbonyl (C=O) groups excluding carboxylic acids is 1. The fourth-order valence-electron chi connectivity index (χ4n) is 1.44. The number of carbonyl (C=O) groups is 1. The molecular formula is C10H13N3O3. The Morgan fingerprint density at radius 2 is 2.12 bits per heavy atom. The van der Waals surface area contributed by atoms with E-state index >= 15 is 0 Å². The van der Waals surface area contributed by atoms with Gasteiger partial charge in [0, 0.05) is 25.4 Å². The molecule has 0 aliphatic carbocycles. The Morgan fingerprint density at radius 1 is 1.38 bits per heavy atom. The molecule has 0 radical (unpaired) electrons. The molecule has 0 bridgehead atoms. The first-order valence-electron chi connectivity index (χ1n) is 5.08. The molecule has 1 aliphatic heterocycles. The zero-order valence-corrected chi connectivity index (χ0v) is 8.73. The monoisotopic (exact) mass is 223 g/mol. The number of ether oxygens (including phenoxy) is 1. The molecule has 1 saturated heterocycles. The highest BCUT2D eigenvalue weighted by molar-refractivity contribution is 5.93. The first-order chi connectivity index (χ1) is 7.75. The summed E-state index contributed by atoms with van der Waals surface area (Å²) < 4.78 is 5.16. The van der Waals surface area contributed by atoms with Gasteiger partial charge in [-0.3, -0.25) is 15.0 Å². The number of pyridine rings is 1. The first-order valence-corrected chi connectivity index (χ1v) is 5.08. The van der Waals surface area contributed by atoms with Crippen LogP contribution in [0, 0.1) is 0 Å². The first kappa shape index (κ1) is 10.8. The van der Waals surface area contributed by atoms with Crippen LogP contribution in [0.15, 0.2) is 23.1 Å². The van der Waals surface area contributed by atoms with Crippen LogP contribution >= 0.6 is 0 Å². The Kier molecular flexibility index (Phi) is 3.33. The van der Waals surface area contributed by atoms with Crippen molar-refractivity contribution >= 4 is 5.91 Å². The molecule has 1 amide bonds. The maximum atomic E-state index is 11.7. The Morgan fingerprint density at radius 3 is 2.75 bits per heavy atom. The number of hydrazine groups is 1. The maximum absolute atomic E-state index is 11.7. The molecule has 0 unspecified atom stereocenters. The molecule has 86 valence electrons. The van der Waals surface area contributed by atoms with Crippen molar-refractivity contribution in [3.05, 3.63) is 34.2 Å². The van der Waals surface area contributed by atoms with E-state index in [1.165, 1.54) is 18.3 Å². The third-order valence-corrected chi connectivity index (χ3v) is 2.32. The quantitative estimate of drug-likeness (QED) is 0.699. The molecule has 1 aromatic heterocycles. The molecule has 0 saturated carbocycles. The van der Waals surface area contributed by atoms with Crippen molar-refractivity contribution in [2.75, 3.05) is 26.3 Å². The van der Waals surface area contributed by atoms with Gasteiger partial charge in [-0.05, 0) is 6.07 Å². The van der Waals surface area contributed by atoms with Crippen LogP contribution in [0.25, 0.3) is 0 Å². The van der Waals surface area contributed by atoms with Gasteiger partial charge in [0.25, 0.3) is 5.91 Å². The van der Waals surface area contributed by atoms with Gasteiger partial charge in [-0.15, -0.1) is 0 Å². The minimum atomic E-state index is -0.224. The van der Waals surface area contributed by atoms with Gasteiger partial charge < -0.3 is 9.72 Å². The van der Waals surface area contributed by atoms with Crippen LogP contribution in [0.2, 0.25) is 0 Å². The predicted molar refractivity (Wildman–Crippen MR) is 56.9 cm³/mol. The average Bonchev–Trinajstić information content (AvgIpc) is 2.31. The molecular weight excluding hydrogens is 210 g/mol. The highest BCUT2D eigenvalue weighted by Crippen LogP contribution is 1.97. The molecule has 2 N–H and O–H groups in total. The summed E-state index contributed by atoms with van der Waals surface area (Å²) in [6, 6.07) is 2.82. The van der Waals surface area contributed by atoms with Gasteiger partial charge in [0.05, 0.1) is 18.8 Å². The summed E-state index contributed by atoms with van der Waals surface area (Å²) in [6.45, 7) is 2.59. The lowest BCUT2D eigenvalue weighted by molar-refractivity contribution is 0.0126. The highest BCUT2D eigenvalue weighted by Gasteiger charge is 2.13. The van der Waals surface area contributed by atoms with Crippen LogP contribution in [0.5, 0.6) is 0 Å². The molecule has 1 aliphatic rings. The smallest absolute Gasteiger partial charge is 0.267 e. The molecule has 6 heteroatoms. The normalized spacial score (nSPS) is 17.0. The van der Waals surface area contributed by atoms with Gasteiger partial charge in [0.2, 0.25) is 5.56 Å². The van der Waals surface area contributed by atoms with Crippen LogP contribution in [-0.2, 0) is 4.74 Å². The van der Waals surface area contributed by atoms with Gasteiger partial charge in [-0.2, -0.15) is 0 Å². The summed E-state index contributed by atoms with van der Waals surface area (Å²) in [4.78, 5) is 25.0. The van der Waals surface area contributed by atoms with Gasteiger partial charge in [0.1, 0.15) is 0 Å². The molecule has 6 nitrogen and oxygen atoms in total. The SMILES string of the molecule is O=C(NN1CCOCC1)c1ccc(=O)[nH]c1. The summed E-state index contributed by atoms with van der Waals surface area (Å²) in [5, 5.41) is 1.80. The maximum Gasteiger partial charge on any atom is 0.267 e. The Labute approximate surface area is 92.2 Å². The lowest BCUT2D eigenvalue weighted by Gasteiger charge is -2.26. The molecule has 0 spiro atoms. The molecule has 16 heavy (non-hydrogen) atoms. The fraction of sp³-hybridized carbons (Fsp3) is 0.400. The predicted octanol–water partition coefficient (Wildman–Crippen LogP) is -0.648. The minimum Gasteiger partial charge on any atom is -0.379 e. The third-order valence-electron chi connectivity index (χ3n) is 2.32. The van der Waals surface area contributed by atoms with Gasteiger partial charge in [-0.25, -0.2) is 5.01 Å². The van der Waals surface area contributed by atoms with Crippen LogP contribution < -0.4 is 11.0 Å². The number of H-pyrrole nitrogens is 1. The molecule has 0 atom stereocenters. The number of rotatable bonds is 2. The number of amides is 1. The van der Waals surface area contributed by atoms with Crippen molar-refractivity contribution in [3.63, 3.8) is 0 Å². The lowest BCUT2D eigenvalue weighted by atomic mass is 10.3. The van der Waals surface area contributed by atoms with Crippen LogP contribution in [0.3, 0.4) is 0 Å². The van der Waals surface area contributed by atoms with Gasteiger partial charge in [0.15, 0.2) is 0 Å². The van der Waals surface area contributed by atoms with E-state index in [9.17, 15) is 9.59 Å². The van der Waals surface area contributed by atoms with E-state index < -0.39 is 0 Å². The summed E-state index contributed by atoms with van der Waals surface area (Å²) in [6.07, 6.45) is 1.40. The number of hydrogen-bond donors (Lipinski definition) is 2. The second-order valence-electron chi connectivity index (χ2n) is 3.48. The van der Waals surface area contributed by atoms with E-state index in [1.807, 2.05) is 0 Å². The van der Waals surface area contributed by atoms with E-state index in [1.54, 1.807) is 5.01 Å². The van der Waals surface area contributed by atoms with Gasteiger partial charge >= 0.3 is 0 Å². The topological polar surface area (TPSA) is 74.4 Å². The van der Waals surface area contributed by atoms with Crippen molar-refractivity contribution in [3.8, 4) is 0 Å². The van der Waals surface area contributed by atoms with E-state index in [4.69, 9.17) is 4.74 Å². The summed E-state index contributed by atoms with van der Waals surface area (Å²) in [5.41, 5.74) is 2.96. The highest BCUT2D eigenvalue weighted by atomic mass is 16.5. The molecule has 2 rings (SSSR count). The zero-order valence-electron chi connectivity index (χ0n) is 8.73. The molecule has 1 fully saturated rings. The van der Waals surface area contributed by atoms with E-state index in [-0.39, 0.29) is 11.5 Å². The Hall–Kier alpha value is -1.66. The Bertz CT molecular complexity index is 403. The van der Waals surface area contributed by atoms with Crippen molar-refractivity contribution in [1.29, 1.82) is 0 Å². The van der Waals surface area contributed by atoms with E-state index in [0.29, 0.717) is 31.9 Å². The Balaban J connectivity index is 1.96. The summed E-state index contributed by atoms with van der Waals surface area (Å²) in [7, 11) is 0. The van der Waals surface area contributed by atoms with Crippen molar-refractivity contribution in [2.45, 2.75) is 0 Å². The number of nitrogens with one attached hydrogen (secondary N) is 2. The van der Waals surface area contributed by atoms with Crippen LogP contribution in [-0.4, -0.2) is 42.2 Å². The average molecular weight is 223 g/mol. The molecule has 0 aromatic carbocycles. The second-order valence-corrected chi connectivity index (χ2v) is 3.48. The number of hydrogen-bond acceptors (Lipinski definition) is 4. The van der Waals surface area contributed by atoms with Crippen LogP contribution in [0.4, 0.5) is 0 Å². The number of morpholine rings is 1. The summed E-state index contributed by atoms with van der Waals surface area (Å²) >= 11 is 0. The number of aromatic nitrogens is 1. The van der Waals surface area contributed by atoms with E-state index in [2.05, 4.69) is 10.4 Å². The van der Waals surface area contributed by atoms with Crippen molar-refractivity contribution < 1.29 is 9.53 Å². The standard InChI is InChI=1S/C10H13N3O3/c14-9-2-1-8(7-11-9)10(15)12-13-3-5-16-6-4-13/h1-2,7H,3-6H2,(H,11,14)(H,12,15). The lowest BCUT2D eigenvalue weighted by Crippen LogP contribution is -2.48. The van der Waals surface area contributed by atoms with Crippen molar-refractivity contribution in [2.24, 2.45) is 0 Å². The van der Waals surface area contributed by atoms with Crippen molar-refractivity contribution in [1.82, 2.24) is 15.4 Å². The second kappa shape index (κ2) is 4.91. The minimum absolute atomic E-state index is 0.220. The number of aromatic amines is 1. The largest absolute Gasteiger partial charge is 0.379 e. The number of nitrogens with zero attached hydrogens (tertiary/aromatic N) is 1.